The maximum atomic E-state index is 14.6. The SMILES string of the molecule is COC(=O)c1ccc([C@H](NC(=O)OCc2ccccc2)/C(=C/[C@@H](C)C(=O)Nc2ccc3ccccc3c2)C(F)(F)F)cc1. The summed E-state index contributed by atoms with van der Waals surface area (Å²) in [7, 11) is 1.18. The highest BCUT2D eigenvalue weighted by Gasteiger charge is 2.41. The molecule has 0 heterocycles. The fourth-order valence-corrected chi connectivity index (χ4v) is 4.38. The summed E-state index contributed by atoms with van der Waals surface area (Å²) in [5.74, 6) is -2.60. The summed E-state index contributed by atoms with van der Waals surface area (Å²) in [6.45, 7) is 1.16. The number of carbonyl (C=O) groups is 3. The molecule has 0 aliphatic carbocycles. The largest absolute Gasteiger partial charge is 0.465 e. The van der Waals surface area contributed by atoms with Gasteiger partial charge in [0.15, 0.2) is 0 Å². The number of ether oxygens (including phenoxy) is 2. The molecule has 0 radical (unpaired) electrons. The topological polar surface area (TPSA) is 93.7 Å². The van der Waals surface area contributed by atoms with Gasteiger partial charge in [-0.3, -0.25) is 4.79 Å². The van der Waals surface area contributed by atoms with Crippen LogP contribution in [0.15, 0.2) is 109 Å². The van der Waals surface area contributed by atoms with Gasteiger partial charge in [-0.1, -0.05) is 85.8 Å². The molecule has 0 aliphatic rings. The molecule has 2 atom stereocenters. The van der Waals surface area contributed by atoms with Gasteiger partial charge in [-0.25, -0.2) is 9.59 Å². The highest BCUT2D eigenvalue weighted by atomic mass is 19.4. The zero-order chi connectivity index (χ0) is 31.0. The van der Waals surface area contributed by atoms with Gasteiger partial charge in [0, 0.05) is 5.69 Å². The highest BCUT2D eigenvalue weighted by molar-refractivity contribution is 5.96. The molecule has 2 amide bonds. The zero-order valence-corrected chi connectivity index (χ0v) is 23.4. The van der Waals surface area contributed by atoms with E-state index in [4.69, 9.17) is 4.74 Å². The number of carbonyl (C=O) groups excluding carboxylic acids is 3. The Morgan fingerprint density at radius 3 is 2.16 bits per heavy atom. The van der Waals surface area contributed by atoms with Crippen LogP contribution >= 0.6 is 0 Å². The Balaban J connectivity index is 1.62. The molecule has 7 nitrogen and oxygen atoms in total. The van der Waals surface area contributed by atoms with Gasteiger partial charge in [-0.15, -0.1) is 0 Å². The first-order chi connectivity index (χ1) is 20.5. The predicted octanol–water partition coefficient (Wildman–Crippen LogP) is 7.36. The van der Waals surface area contributed by atoms with Gasteiger partial charge in [-0.05, 0) is 46.2 Å². The molecule has 0 fully saturated rings. The molecular weight excluding hydrogens is 561 g/mol. The van der Waals surface area contributed by atoms with Crippen LogP contribution < -0.4 is 10.6 Å². The molecule has 0 bridgehead atoms. The molecule has 0 spiro atoms. The van der Waals surface area contributed by atoms with Crippen molar-refractivity contribution in [2.45, 2.75) is 25.7 Å². The van der Waals surface area contributed by atoms with E-state index in [0.717, 1.165) is 16.8 Å². The van der Waals surface area contributed by atoms with Gasteiger partial charge < -0.3 is 20.1 Å². The van der Waals surface area contributed by atoms with Crippen molar-refractivity contribution in [1.82, 2.24) is 5.32 Å². The predicted molar refractivity (Wildman–Crippen MR) is 156 cm³/mol. The number of amides is 2. The Kier molecular flexibility index (Phi) is 9.82. The lowest BCUT2D eigenvalue weighted by Gasteiger charge is -2.25. The molecule has 0 unspecified atom stereocenters. The van der Waals surface area contributed by atoms with E-state index in [2.05, 4.69) is 15.4 Å². The summed E-state index contributed by atoms with van der Waals surface area (Å²) < 4.78 is 53.6. The van der Waals surface area contributed by atoms with Crippen molar-refractivity contribution >= 4 is 34.4 Å². The minimum Gasteiger partial charge on any atom is -0.465 e. The molecule has 0 saturated heterocycles. The molecule has 43 heavy (non-hydrogen) atoms. The van der Waals surface area contributed by atoms with Gasteiger partial charge in [0.25, 0.3) is 0 Å². The van der Waals surface area contributed by atoms with Gasteiger partial charge in [0.05, 0.1) is 30.2 Å². The van der Waals surface area contributed by atoms with Gasteiger partial charge in [0.2, 0.25) is 5.91 Å². The molecule has 0 aromatic heterocycles. The number of anilines is 1. The molecule has 2 N–H and O–H groups in total. The Morgan fingerprint density at radius 2 is 1.51 bits per heavy atom. The summed E-state index contributed by atoms with van der Waals surface area (Å²) in [6, 6.07) is 24.7. The molecule has 222 valence electrons. The summed E-state index contributed by atoms with van der Waals surface area (Å²) in [6.07, 6.45) is -5.28. The van der Waals surface area contributed by atoms with Crippen molar-refractivity contribution in [3.05, 3.63) is 125 Å². The van der Waals surface area contributed by atoms with Crippen LogP contribution in [0.1, 0.15) is 34.5 Å². The second-order valence-corrected chi connectivity index (χ2v) is 9.71. The smallest absolute Gasteiger partial charge is 0.414 e. The Labute approximate surface area is 246 Å². The van der Waals surface area contributed by atoms with Crippen LogP contribution in [0.4, 0.5) is 23.7 Å². The van der Waals surface area contributed by atoms with Crippen LogP contribution in [0.5, 0.6) is 0 Å². The third kappa shape index (κ3) is 8.22. The maximum Gasteiger partial charge on any atom is 0.414 e. The number of hydrogen-bond donors (Lipinski definition) is 2. The highest BCUT2D eigenvalue weighted by Crippen LogP contribution is 2.37. The zero-order valence-electron chi connectivity index (χ0n) is 23.4. The number of esters is 1. The molecule has 0 saturated carbocycles. The number of halogens is 3. The monoisotopic (exact) mass is 590 g/mol. The van der Waals surface area contributed by atoms with Crippen molar-refractivity contribution in [3.8, 4) is 0 Å². The molecule has 4 aromatic rings. The van der Waals surface area contributed by atoms with Crippen LogP contribution in [-0.2, 0) is 20.9 Å². The number of benzene rings is 4. The first-order valence-corrected chi connectivity index (χ1v) is 13.3. The number of nitrogens with one attached hydrogen (secondary N) is 2. The van der Waals surface area contributed by atoms with Gasteiger partial charge in [-0.2, -0.15) is 13.2 Å². The second-order valence-electron chi connectivity index (χ2n) is 9.71. The second kappa shape index (κ2) is 13.7. The van der Waals surface area contributed by atoms with Crippen LogP contribution in [0, 0.1) is 5.92 Å². The van der Waals surface area contributed by atoms with E-state index < -0.39 is 41.7 Å². The van der Waals surface area contributed by atoms with Crippen LogP contribution in [0.2, 0.25) is 0 Å². The van der Waals surface area contributed by atoms with Crippen LogP contribution in [0.3, 0.4) is 0 Å². The minimum atomic E-state index is -4.95. The normalized spacial score (nSPS) is 13.1. The average Bonchev–Trinajstić information content (AvgIpc) is 3.01. The lowest BCUT2D eigenvalue weighted by molar-refractivity contribution is -0.118. The number of methoxy groups -OCH3 is 1. The molecule has 4 aromatic carbocycles. The summed E-state index contributed by atoms with van der Waals surface area (Å²) in [4.78, 5) is 37.6. The Morgan fingerprint density at radius 1 is 0.860 bits per heavy atom. The number of hydrogen-bond acceptors (Lipinski definition) is 5. The molecular formula is C33H29F3N2O5. The average molecular weight is 591 g/mol. The molecule has 0 aliphatic heterocycles. The standard InChI is InChI=1S/C33H29F3N2O5/c1-21(30(39)37-27-17-16-23-10-6-7-11-26(23)19-27)18-28(33(34,35)36)29(24-12-14-25(15-13-24)31(40)42-2)38-32(41)43-20-22-8-4-3-5-9-22/h3-19,21,29H,20H2,1-2H3,(H,37,39)(H,38,41)/b28-18-/t21-,29+/m1/s1. The lowest BCUT2D eigenvalue weighted by atomic mass is 9.94. The van der Waals surface area contributed by atoms with E-state index in [0.29, 0.717) is 11.3 Å². The Bertz CT molecular complexity index is 1620. The third-order valence-electron chi connectivity index (χ3n) is 6.64. The molecule has 10 heteroatoms. The maximum absolute atomic E-state index is 14.6. The Hall–Kier alpha value is -5.12. The van der Waals surface area contributed by atoms with Crippen molar-refractivity contribution in [1.29, 1.82) is 0 Å². The summed E-state index contributed by atoms with van der Waals surface area (Å²) >= 11 is 0. The van der Waals surface area contributed by atoms with E-state index in [-0.39, 0.29) is 17.7 Å². The fraction of sp³-hybridized carbons (Fsp3) is 0.182. The van der Waals surface area contributed by atoms with Crippen molar-refractivity contribution < 1.29 is 37.0 Å². The minimum absolute atomic E-state index is 0.00928. The number of fused-ring (bicyclic) bond motifs is 1. The van der Waals surface area contributed by atoms with Crippen molar-refractivity contribution in [3.63, 3.8) is 0 Å². The quantitative estimate of drug-likeness (QED) is 0.157. The summed E-state index contributed by atoms with van der Waals surface area (Å²) in [5, 5.41) is 6.75. The first-order valence-electron chi connectivity index (χ1n) is 13.3. The van der Waals surface area contributed by atoms with Crippen LogP contribution in [0.25, 0.3) is 10.8 Å². The summed E-state index contributed by atoms with van der Waals surface area (Å²) in [5.41, 5.74) is 0.000708. The van der Waals surface area contributed by atoms with E-state index in [1.54, 1.807) is 48.5 Å². The van der Waals surface area contributed by atoms with E-state index in [9.17, 15) is 27.6 Å². The van der Waals surface area contributed by atoms with Gasteiger partial charge in [0.1, 0.15) is 6.61 Å². The van der Waals surface area contributed by atoms with Gasteiger partial charge >= 0.3 is 18.2 Å². The van der Waals surface area contributed by atoms with E-state index >= 15 is 0 Å². The van der Waals surface area contributed by atoms with E-state index in [1.165, 1.54) is 38.3 Å². The first kappa shape index (κ1) is 30.8. The van der Waals surface area contributed by atoms with E-state index in [1.807, 2.05) is 24.3 Å². The fourth-order valence-electron chi connectivity index (χ4n) is 4.38. The third-order valence-corrected chi connectivity index (χ3v) is 6.64. The van der Waals surface area contributed by atoms with Crippen molar-refractivity contribution in [2.75, 3.05) is 12.4 Å². The van der Waals surface area contributed by atoms with Crippen LogP contribution in [-0.4, -0.2) is 31.3 Å². The number of rotatable bonds is 9. The lowest BCUT2D eigenvalue weighted by Crippen LogP contribution is -2.35. The van der Waals surface area contributed by atoms with Crippen molar-refractivity contribution in [2.24, 2.45) is 5.92 Å². The number of alkyl carbamates (subject to hydrolysis) is 1. The molecule has 4 rings (SSSR count). The number of alkyl halides is 3.